The minimum atomic E-state index is 0.158. The number of halogens is 2. The van der Waals surface area contributed by atoms with Gasteiger partial charge < -0.3 is 4.74 Å². The Morgan fingerprint density at radius 1 is 1.37 bits per heavy atom. The van der Waals surface area contributed by atoms with Crippen LogP contribution in [0.4, 0.5) is 0 Å². The van der Waals surface area contributed by atoms with Gasteiger partial charge in [-0.2, -0.15) is 0 Å². The lowest BCUT2D eigenvalue weighted by Gasteiger charge is -2.14. The van der Waals surface area contributed by atoms with Crippen molar-refractivity contribution in [3.63, 3.8) is 0 Å². The fourth-order valence-electron chi connectivity index (χ4n) is 1.86. The highest BCUT2D eigenvalue weighted by molar-refractivity contribution is 9.09. The van der Waals surface area contributed by atoms with Crippen molar-refractivity contribution in [2.45, 2.75) is 18.2 Å². The van der Waals surface area contributed by atoms with Gasteiger partial charge in [0.15, 0.2) is 0 Å². The van der Waals surface area contributed by atoms with E-state index in [0.717, 1.165) is 22.7 Å². The molecule has 0 fully saturated rings. The van der Waals surface area contributed by atoms with E-state index in [1.54, 1.807) is 7.11 Å². The molecule has 0 aliphatic rings. The quantitative estimate of drug-likeness (QED) is 0.784. The van der Waals surface area contributed by atoms with Gasteiger partial charge in [0.2, 0.25) is 5.88 Å². The zero-order chi connectivity index (χ0) is 13.8. The minimum absolute atomic E-state index is 0.158. The lowest BCUT2D eigenvalue weighted by Crippen LogP contribution is -2.01. The average molecular weight is 342 g/mol. The van der Waals surface area contributed by atoms with Gasteiger partial charge in [0.1, 0.15) is 6.33 Å². The number of rotatable bonds is 4. The first-order valence-corrected chi connectivity index (χ1v) is 7.15. The number of alkyl halides is 1. The van der Waals surface area contributed by atoms with Crippen molar-refractivity contribution < 1.29 is 4.74 Å². The van der Waals surface area contributed by atoms with E-state index in [1.165, 1.54) is 11.9 Å². The van der Waals surface area contributed by atoms with Gasteiger partial charge in [-0.1, -0.05) is 39.7 Å². The summed E-state index contributed by atoms with van der Waals surface area (Å²) < 4.78 is 5.10. The average Bonchev–Trinajstić information content (AvgIpc) is 2.42. The molecule has 1 aromatic carbocycles. The predicted molar refractivity (Wildman–Crippen MR) is 80.1 cm³/mol. The van der Waals surface area contributed by atoms with Crippen LogP contribution >= 0.6 is 27.5 Å². The van der Waals surface area contributed by atoms with Gasteiger partial charge in [0.05, 0.1) is 7.11 Å². The molecule has 2 aromatic rings. The Morgan fingerprint density at radius 3 is 2.89 bits per heavy atom. The molecule has 2 rings (SSSR count). The number of aromatic nitrogens is 2. The van der Waals surface area contributed by atoms with Gasteiger partial charge in [-0.3, -0.25) is 0 Å². The van der Waals surface area contributed by atoms with Gasteiger partial charge in [-0.15, -0.1) is 0 Å². The summed E-state index contributed by atoms with van der Waals surface area (Å²) in [6.45, 7) is 2.02. The summed E-state index contributed by atoms with van der Waals surface area (Å²) in [5.74, 6) is 0.576. The van der Waals surface area contributed by atoms with E-state index < -0.39 is 0 Å². The summed E-state index contributed by atoms with van der Waals surface area (Å²) in [6.07, 6.45) is 2.26. The number of methoxy groups -OCH3 is 1. The molecule has 0 bridgehead atoms. The summed E-state index contributed by atoms with van der Waals surface area (Å²) in [6, 6.07) is 7.76. The van der Waals surface area contributed by atoms with E-state index in [1.807, 2.05) is 25.1 Å². The fraction of sp³-hybridized carbons (Fsp3) is 0.286. The van der Waals surface area contributed by atoms with E-state index in [9.17, 15) is 0 Å². The van der Waals surface area contributed by atoms with E-state index >= 15 is 0 Å². The third kappa shape index (κ3) is 3.45. The van der Waals surface area contributed by atoms with Gasteiger partial charge in [0, 0.05) is 28.0 Å². The zero-order valence-electron chi connectivity index (χ0n) is 10.7. The molecular weight excluding hydrogens is 328 g/mol. The molecule has 0 spiro atoms. The minimum Gasteiger partial charge on any atom is -0.481 e. The van der Waals surface area contributed by atoms with Crippen molar-refractivity contribution in [2.24, 2.45) is 0 Å². The maximum atomic E-state index is 6.14. The van der Waals surface area contributed by atoms with Gasteiger partial charge in [-0.25, -0.2) is 9.97 Å². The molecule has 0 saturated carbocycles. The normalized spacial score (nSPS) is 12.2. The number of hydrogen-bond donors (Lipinski definition) is 0. The van der Waals surface area contributed by atoms with Crippen LogP contribution in [0.1, 0.15) is 21.6 Å². The predicted octanol–water partition coefficient (Wildman–Crippen LogP) is 4.13. The van der Waals surface area contributed by atoms with Crippen LogP contribution in [0.25, 0.3) is 0 Å². The molecule has 0 aliphatic heterocycles. The van der Waals surface area contributed by atoms with Crippen molar-refractivity contribution >= 4 is 27.5 Å². The molecule has 0 amide bonds. The monoisotopic (exact) mass is 340 g/mol. The Hall–Kier alpha value is -1.13. The van der Waals surface area contributed by atoms with Crippen LogP contribution in [-0.4, -0.2) is 17.1 Å². The Bertz CT molecular complexity index is 577. The van der Waals surface area contributed by atoms with Gasteiger partial charge in [0.25, 0.3) is 0 Å². The second kappa shape index (κ2) is 6.35. The van der Waals surface area contributed by atoms with E-state index in [-0.39, 0.29) is 4.83 Å². The van der Waals surface area contributed by atoms with Gasteiger partial charge >= 0.3 is 0 Å². The lowest BCUT2D eigenvalue weighted by molar-refractivity contribution is 0.396. The van der Waals surface area contributed by atoms with Crippen LogP contribution in [0.2, 0.25) is 5.02 Å². The third-order valence-electron chi connectivity index (χ3n) is 2.94. The standard InChI is InChI=1S/C14H14BrClN2O/c1-9-11(4-3-5-13(9)16)12(15)6-10-7-14(19-2)18-8-17-10/h3-5,7-8,12H,6H2,1-2H3. The molecule has 0 N–H and O–H groups in total. The molecule has 1 heterocycles. The Kier molecular flexibility index (Phi) is 4.77. The van der Waals surface area contributed by atoms with Gasteiger partial charge in [-0.05, 0) is 24.1 Å². The Labute approximate surface area is 126 Å². The molecule has 19 heavy (non-hydrogen) atoms. The number of nitrogens with zero attached hydrogens (tertiary/aromatic N) is 2. The van der Waals surface area contributed by atoms with E-state index in [2.05, 4.69) is 32.0 Å². The van der Waals surface area contributed by atoms with E-state index in [4.69, 9.17) is 16.3 Å². The topological polar surface area (TPSA) is 35.0 Å². The number of ether oxygens (including phenoxy) is 1. The van der Waals surface area contributed by atoms with Crippen molar-refractivity contribution in [3.05, 3.63) is 52.4 Å². The molecule has 5 heteroatoms. The number of benzene rings is 1. The van der Waals surface area contributed by atoms with Crippen molar-refractivity contribution in [1.29, 1.82) is 0 Å². The van der Waals surface area contributed by atoms with Crippen molar-refractivity contribution in [2.75, 3.05) is 7.11 Å². The van der Waals surface area contributed by atoms with Crippen molar-refractivity contribution in [3.8, 4) is 5.88 Å². The summed E-state index contributed by atoms with van der Waals surface area (Å²) >= 11 is 9.84. The molecule has 1 unspecified atom stereocenters. The smallest absolute Gasteiger partial charge is 0.216 e. The van der Waals surface area contributed by atoms with Crippen LogP contribution in [0.15, 0.2) is 30.6 Å². The SMILES string of the molecule is COc1cc(CC(Br)c2cccc(Cl)c2C)ncn1. The Morgan fingerprint density at radius 2 is 2.16 bits per heavy atom. The zero-order valence-corrected chi connectivity index (χ0v) is 13.1. The molecule has 100 valence electrons. The first-order chi connectivity index (χ1) is 9.11. The van der Waals surface area contributed by atoms with Crippen molar-refractivity contribution in [1.82, 2.24) is 9.97 Å². The molecule has 1 aromatic heterocycles. The highest BCUT2D eigenvalue weighted by atomic mass is 79.9. The molecule has 0 aliphatic carbocycles. The second-order valence-electron chi connectivity index (χ2n) is 4.18. The first-order valence-electron chi connectivity index (χ1n) is 5.86. The van der Waals surface area contributed by atoms with Crippen LogP contribution in [0.5, 0.6) is 5.88 Å². The molecular formula is C14H14BrClN2O. The molecule has 0 radical (unpaired) electrons. The largest absolute Gasteiger partial charge is 0.481 e. The molecule has 3 nitrogen and oxygen atoms in total. The van der Waals surface area contributed by atoms with E-state index in [0.29, 0.717) is 5.88 Å². The number of hydrogen-bond acceptors (Lipinski definition) is 3. The third-order valence-corrected chi connectivity index (χ3v) is 4.17. The van der Waals surface area contributed by atoms with Crippen LogP contribution in [0, 0.1) is 6.92 Å². The summed E-state index contributed by atoms with van der Waals surface area (Å²) in [5.41, 5.74) is 3.19. The summed E-state index contributed by atoms with van der Waals surface area (Å²) in [4.78, 5) is 8.41. The van der Waals surface area contributed by atoms with Crippen LogP contribution in [0.3, 0.4) is 0 Å². The Balaban J connectivity index is 2.20. The second-order valence-corrected chi connectivity index (χ2v) is 5.69. The maximum Gasteiger partial charge on any atom is 0.216 e. The highest BCUT2D eigenvalue weighted by Gasteiger charge is 2.14. The maximum absolute atomic E-state index is 6.14. The summed E-state index contributed by atoms with van der Waals surface area (Å²) in [5, 5.41) is 0.780. The lowest BCUT2D eigenvalue weighted by atomic mass is 10.0. The van der Waals surface area contributed by atoms with Crippen LogP contribution in [-0.2, 0) is 6.42 Å². The molecule has 0 saturated heterocycles. The summed E-state index contributed by atoms with van der Waals surface area (Å²) in [7, 11) is 1.60. The highest BCUT2D eigenvalue weighted by Crippen LogP contribution is 2.32. The fourth-order valence-corrected chi connectivity index (χ4v) is 2.87. The first kappa shape index (κ1) is 14.3. The molecule has 1 atom stereocenters. The van der Waals surface area contributed by atoms with Crippen LogP contribution < -0.4 is 4.74 Å².